The van der Waals surface area contributed by atoms with Crippen LogP contribution in [0.3, 0.4) is 0 Å². The first-order chi connectivity index (χ1) is 20.1. The fraction of sp³-hybridized carbons (Fsp3) is 0.452. The second kappa shape index (κ2) is 12.3. The Labute approximate surface area is 240 Å². The van der Waals surface area contributed by atoms with Crippen LogP contribution in [0.2, 0.25) is 0 Å². The molecule has 216 valence electrons. The van der Waals surface area contributed by atoms with E-state index in [0.29, 0.717) is 45.3 Å². The summed E-state index contributed by atoms with van der Waals surface area (Å²) >= 11 is 0. The van der Waals surface area contributed by atoms with E-state index in [4.69, 9.17) is 19.4 Å². The molecule has 1 aromatic heterocycles. The maximum atomic E-state index is 12.2. The fourth-order valence-electron chi connectivity index (χ4n) is 6.00. The number of hydrogen-bond donors (Lipinski definition) is 1. The van der Waals surface area contributed by atoms with Gasteiger partial charge in [0.15, 0.2) is 0 Å². The highest BCUT2D eigenvalue weighted by molar-refractivity contribution is 5.95. The summed E-state index contributed by atoms with van der Waals surface area (Å²) in [6.45, 7) is 12.6. The molecule has 0 unspecified atom stereocenters. The van der Waals surface area contributed by atoms with Gasteiger partial charge in [0.05, 0.1) is 32.1 Å². The molecule has 0 saturated carbocycles. The molecule has 1 amide bonds. The molecule has 10 nitrogen and oxygen atoms in total. The van der Waals surface area contributed by atoms with Crippen molar-refractivity contribution in [3.8, 4) is 11.8 Å². The number of hydrogen-bond acceptors (Lipinski definition) is 9. The number of carbonyl (C=O) groups excluding carboxylic acids is 1. The third-order valence-electron chi connectivity index (χ3n) is 8.21. The number of fused-ring (bicyclic) bond motifs is 2. The summed E-state index contributed by atoms with van der Waals surface area (Å²) in [5, 5.41) is 12.6. The highest BCUT2D eigenvalue weighted by atomic mass is 16.5. The summed E-state index contributed by atoms with van der Waals surface area (Å²) in [6, 6.07) is 12.2. The van der Waals surface area contributed by atoms with E-state index in [1.807, 2.05) is 29.2 Å². The molecule has 0 bridgehead atoms. The van der Waals surface area contributed by atoms with Gasteiger partial charge in [0.1, 0.15) is 11.6 Å². The van der Waals surface area contributed by atoms with Crippen LogP contribution in [0.1, 0.15) is 17.7 Å². The molecule has 3 aliphatic rings. The summed E-state index contributed by atoms with van der Waals surface area (Å²) in [5.41, 5.74) is 3.08. The first kappa shape index (κ1) is 27.3. The van der Waals surface area contributed by atoms with Gasteiger partial charge in [-0.1, -0.05) is 30.8 Å². The standard InChI is InChI=1S/C31H38N6O4/c1-2-29(39)35-11-13-36(14-12-35)30-26-8-10-37(28-21-24(38)20-23-6-3-4-7-25(23)28)22-27(26)32-31(33-30)41-17-5-9-34-15-18-40-19-16-34/h2-4,6-7,20-21,38H,1,5,8-19,22H2. The third-order valence-corrected chi connectivity index (χ3v) is 8.21. The van der Waals surface area contributed by atoms with Crippen LogP contribution >= 0.6 is 0 Å². The van der Waals surface area contributed by atoms with Crippen LogP contribution in [0.5, 0.6) is 11.8 Å². The number of piperazine rings is 1. The van der Waals surface area contributed by atoms with Crippen LogP contribution in [0.15, 0.2) is 49.1 Å². The number of amides is 1. The van der Waals surface area contributed by atoms with Crippen LogP contribution in [-0.2, 0) is 22.5 Å². The largest absolute Gasteiger partial charge is 0.508 e. The molecule has 0 radical (unpaired) electrons. The van der Waals surface area contributed by atoms with E-state index in [0.717, 1.165) is 85.8 Å². The number of ether oxygens (including phenoxy) is 2. The van der Waals surface area contributed by atoms with Crippen LogP contribution in [0, 0.1) is 0 Å². The minimum Gasteiger partial charge on any atom is -0.508 e. The lowest BCUT2D eigenvalue weighted by molar-refractivity contribution is -0.126. The maximum absolute atomic E-state index is 12.2. The average Bonchev–Trinajstić information content (AvgIpc) is 3.02. The second-order valence-corrected chi connectivity index (χ2v) is 10.8. The van der Waals surface area contributed by atoms with Gasteiger partial charge < -0.3 is 29.3 Å². The Morgan fingerprint density at radius 2 is 1.83 bits per heavy atom. The summed E-state index contributed by atoms with van der Waals surface area (Å²) < 4.78 is 11.6. The summed E-state index contributed by atoms with van der Waals surface area (Å²) in [7, 11) is 0. The topological polar surface area (TPSA) is 94.5 Å². The van der Waals surface area contributed by atoms with Crippen LogP contribution < -0.4 is 14.5 Å². The number of anilines is 2. The first-order valence-electron chi connectivity index (χ1n) is 14.5. The number of rotatable bonds is 8. The number of morpholine rings is 1. The Morgan fingerprint density at radius 3 is 2.63 bits per heavy atom. The van der Waals surface area contributed by atoms with Crippen molar-refractivity contribution in [1.82, 2.24) is 19.8 Å². The molecular formula is C31H38N6O4. The second-order valence-electron chi connectivity index (χ2n) is 10.8. The molecule has 0 aliphatic carbocycles. The Hall–Kier alpha value is -3.89. The number of aromatic nitrogens is 2. The monoisotopic (exact) mass is 558 g/mol. The SMILES string of the molecule is C=CC(=O)N1CCN(c2nc(OCCCN3CCOCC3)nc3c2CCN(c2cc(O)cc4ccccc24)C3)CC1. The zero-order valence-electron chi connectivity index (χ0n) is 23.5. The van der Waals surface area contributed by atoms with Crippen molar-refractivity contribution in [1.29, 1.82) is 0 Å². The van der Waals surface area contributed by atoms with Crippen LogP contribution in [0.25, 0.3) is 10.8 Å². The Balaban J connectivity index is 1.24. The predicted molar refractivity (Wildman–Crippen MR) is 159 cm³/mol. The van der Waals surface area contributed by atoms with Crippen LogP contribution in [0.4, 0.5) is 11.5 Å². The molecule has 3 aromatic rings. The van der Waals surface area contributed by atoms with Gasteiger partial charge in [0, 0.05) is 75.1 Å². The molecule has 3 aliphatic heterocycles. The van der Waals surface area contributed by atoms with Crippen molar-refractivity contribution in [3.05, 3.63) is 60.3 Å². The minimum absolute atomic E-state index is 0.0346. The van der Waals surface area contributed by atoms with E-state index >= 15 is 0 Å². The zero-order valence-corrected chi connectivity index (χ0v) is 23.5. The molecular weight excluding hydrogens is 520 g/mol. The zero-order chi connectivity index (χ0) is 28.2. The van der Waals surface area contributed by atoms with Crippen molar-refractivity contribution in [2.75, 3.05) is 82.0 Å². The van der Waals surface area contributed by atoms with Gasteiger partial charge in [-0.3, -0.25) is 9.69 Å². The predicted octanol–water partition coefficient (Wildman–Crippen LogP) is 2.83. The van der Waals surface area contributed by atoms with Crippen LogP contribution in [-0.4, -0.2) is 103 Å². The smallest absolute Gasteiger partial charge is 0.318 e. The molecule has 10 heteroatoms. The third kappa shape index (κ3) is 6.08. The molecule has 0 atom stereocenters. The normalized spacial score (nSPS) is 17.9. The van der Waals surface area contributed by atoms with Crippen molar-refractivity contribution in [2.45, 2.75) is 19.4 Å². The molecule has 2 saturated heterocycles. The fourth-order valence-corrected chi connectivity index (χ4v) is 6.00. The van der Waals surface area contributed by atoms with Crippen molar-refractivity contribution in [2.24, 2.45) is 0 Å². The molecule has 0 spiro atoms. The summed E-state index contributed by atoms with van der Waals surface area (Å²) in [4.78, 5) is 30.8. The van der Waals surface area contributed by atoms with Gasteiger partial charge in [-0.15, -0.1) is 0 Å². The number of benzene rings is 2. The Kier molecular flexibility index (Phi) is 8.20. The first-order valence-corrected chi connectivity index (χ1v) is 14.5. The lowest BCUT2D eigenvalue weighted by atomic mass is 10.0. The summed E-state index contributed by atoms with van der Waals surface area (Å²) in [6.07, 6.45) is 3.04. The quantitative estimate of drug-likeness (QED) is 0.331. The molecule has 2 fully saturated rings. The molecule has 4 heterocycles. The highest BCUT2D eigenvalue weighted by Gasteiger charge is 2.29. The average molecular weight is 559 g/mol. The molecule has 6 rings (SSSR count). The van der Waals surface area contributed by atoms with Gasteiger partial charge in [0.25, 0.3) is 0 Å². The van der Waals surface area contributed by atoms with E-state index in [2.05, 4.69) is 27.3 Å². The number of aromatic hydroxyl groups is 1. The van der Waals surface area contributed by atoms with Gasteiger partial charge in [0.2, 0.25) is 5.91 Å². The number of carbonyl (C=O) groups is 1. The van der Waals surface area contributed by atoms with Gasteiger partial charge >= 0.3 is 6.01 Å². The Bertz CT molecular complexity index is 1400. The van der Waals surface area contributed by atoms with Gasteiger partial charge in [-0.25, -0.2) is 0 Å². The Morgan fingerprint density at radius 1 is 1.02 bits per heavy atom. The van der Waals surface area contributed by atoms with E-state index in [-0.39, 0.29) is 11.7 Å². The number of phenolic OH excluding ortho intramolecular Hbond substituents is 1. The van der Waals surface area contributed by atoms with Crippen molar-refractivity contribution in [3.63, 3.8) is 0 Å². The van der Waals surface area contributed by atoms with E-state index in [9.17, 15) is 9.90 Å². The van der Waals surface area contributed by atoms with Crippen molar-refractivity contribution < 1.29 is 19.4 Å². The number of nitrogens with zero attached hydrogens (tertiary/aromatic N) is 6. The van der Waals surface area contributed by atoms with E-state index in [1.165, 1.54) is 6.08 Å². The van der Waals surface area contributed by atoms with E-state index in [1.54, 1.807) is 6.07 Å². The van der Waals surface area contributed by atoms with Gasteiger partial charge in [-0.2, -0.15) is 9.97 Å². The van der Waals surface area contributed by atoms with Gasteiger partial charge in [-0.05, 0) is 30.4 Å². The van der Waals surface area contributed by atoms with E-state index < -0.39 is 0 Å². The number of phenols is 1. The molecule has 1 N–H and O–H groups in total. The summed E-state index contributed by atoms with van der Waals surface area (Å²) in [5.74, 6) is 1.13. The van der Waals surface area contributed by atoms with Crippen molar-refractivity contribution >= 4 is 28.2 Å². The maximum Gasteiger partial charge on any atom is 0.318 e. The minimum atomic E-state index is -0.0346. The molecule has 2 aromatic carbocycles. The molecule has 41 heavy (non-hydrogen) atoms. The lowest BCUT2D eigenvalue weighted by Gasteiger charge is -2.38. The highest BCUT2D eigenvalue weighted by Crippen LogP contribution is 2.36. The lowest BCUT2D eigenvalue weighted by Crippen LogP contribution is -2.49.